The zero-order valence-electron chi connectivity index (χ0n) is 14.9. The lowest BCUT2D eigenvalue weighted by Gasteiger charge is -2.01. The summed E-state index contributed by atoms with van der Waals surface area (Å²) < 4.78 is 7.25. The molecule has 0 radical (unpaired) electrons. The van der Waals surface area contributed by atoms with Crippen LogP contribution in [0.3, 0.4) is 0 Å². The molecular formula is C22H20ClNO3. The number of aromatic nitrogens is 1. The van der Waals surface area contributed by atoms with Crippen LogP contribution in [0.1, 0.15) is 27.0 Å². The Bertz CT molecular complexity index is 936. The summed E-state index contributed by atoms with van der Waals surface area (Å²) in [5, 5.41) is 9.08. The van der Waals surface area contributed by atoms with Crippen molar-refractivity contribution < 1.29 is 31.6 Å². The fourth-order valence-electron chi connectivity index (χ4n) is 2.64. The zero-order chi connectivity index (χ0) is 18.4. The number of pyridine rings is 1. The number of carbonyl (C=O) groups is 1. The van der Waals surface area contributed by atoms with Crippen molar-refractivity contribution in [2.24, 2.45) is 0 Å². The lowest BCUT2D eigenvalue weighted by Crippen LogP contribution is -3.00. The highest BCUT2D eigenvalue weighted by atomic mass is 35.5. The smallest absolute Gasteiger partial charge is 0.335 e. The quantitative estimate of drug-likeness (QED) is 0.646. The molecule has 0 saturated carbocycles. The number of aromatic carboxylic acids is 1. The average molecular weight is 382 g/mol. The summed E-state index contributed by atoms with van der Waals surface area (Å²) in [6, 6.07) is 18.9. The minimum Gasteiger partial charge on any atom is -1.00 e. The lowest BCUT2D eigenvalue weighted by atomic mass is 10.1. The maximum atomic E-state index is 11.1. The molecule has 3 aromatic rings. The molecule has 0 unspecified atom stereocenters. The molecule has 0 spiro atoms. The maximum Gasteiger partial charge on any atom is 0.335 e. The van der Waals surface area contributed by atoms with E-state index in [0.29, 0.717) is 12.1 Å². The van der Waals surface area contributed by atoms with Crippen molar-refractivity contribution in [1.29, 1.82) is 0 Å². The molecule has 0 aliphatic carbocycles. The molecule has 0 bridgehead atoms. The SMILES string of the molecule is COc1cccc(/C=C\c2cc[n+](Cc3cccc(C(=O)O)c3)cc2)c1.[Cl-]. The molecule has 0 aliphatic heterocycles. The van der Waals surface area contributed by atoms with Crippen LogP contribution in [-0.2, 0) is 6.54 Å². The second-order valence-corrected chi connectivity index (χ2v) is 5.92. The number of carboxylic acid groups (broad SMARTS) is 1. The van der Waals surface area contributed by atoms with E-state index in [1.165, 1.54) is 0 Å². The van der Waals surface area contributed by atoms with E-state index >= 15 is 0 Å². The Morgan fingerprint density at radius 3 is 2.41 bits per heavy atom. The number of ether oxygens (including phenoxy) is 1. The molecule has 0 saturated heterocycles. The number of nitrogens with zero attached hydrogens (tertiary/aromatic N) is 1. The fraction of sp³-hybridized carbons (Fsp3) is 0.0909. The van der Waals surface area contributed by atoms with Crippen LogP contribution < -0.4 is 21.7 Å². The summed E-state index contributed by atoms with van der Waals surface area (Å²) in [7, 11) is 1.66. The van der Waals surface area contributed by atoms with E-state index < -0.39 is 5.97 Å². The number of benzene rings is 2. The first-order valence-corrected chi connectivity index (χ1v) is 8.27. The molecule has 0 fully saturated rings. The van der Waals surface area contributed by atoms with Gasteiger partial charge in [-0.15, -0.1) is 0 Å². The lowest BCUT2D eigenvalue weighted by molar-refractivity contribution is -0.688. The van der Waals surface area contributed by atoms with E-state index in [9.17, 15) is 4.79 Å². The number of hydrogen-bond donors (Lipinski definition) is 1. The summed E-state index contributed by atoms with van der Waals surface area (Å²) in [5.41, 5.74) is 3.42. The van der Waals surface area contributed by atoms with Crippen molar-refractivity contribution in [2.45, 2.75) is 6.54 Å². The number of methoxy groups -OCH3 is 1. The highest BCUT2D eigenvalue weighted by molar-refractivity contribution is 5.87. The van der Waals surface area contributed by atoms with Gasteiger partial charge in [0.05, 0.1) is 12.7 Å². The highest BCUT2D eigenvalue weighted by Gasteiger charge is 2.07. The molecule has 4 nitrogen and oxygen atoms in total. The standard InChI is InChI=1S/C22H19NO3.ClH/c1-26-21-7-3-4-18(15-21)9-8-17-10-12-23(13-11-17)16-19-5-2-6-20(14-19)22(24)25;/h2-15H,16H2,1H3;1H/b9-8-;. The number of carboxylic acids is 1. The third kappa shape index (κ3) is 5.69. The Balaban J connectivity index is 0.00000261. The van der Waals surface area contributed by atoms with Crippen LogP contribution >= 0.6 is 0 Å². The second-order valence-electron chi connectivity index (χ2n) is 5.92. The molecule has 0 atom stereocenters. The molecule has 3 rings (SSSR count). The van der Waals surface area contributed by atoms with Crippen molar-refractivity contribution >= 4 is 18.1 Å². The van der Waals surface area contributed by atoms with E-state index in [1.807, 2.05) is 71.6 Å². The Labute approximate surface area is 164 Å². The number of halogens is 1. The van der Waals surface area contributed by atoms with Crippen LogP contribution in [0.2, 0.25) is 0 Å². The Hall–Kier alpha value is -3.11. The van der Waals surface area contributed by atoms with Crippen LogP contribution in [0.5, 0.6) is 5.75 Å². The van der Waals surface area contributed by atoms with Gasteiger partial charge in [-0.2, -0.15) is 0 Å². The second kappa shape index (κ2) is 9.55. The summed E-state index contributed by atoms with van der Waals surface area (Å²) in [6.07, 6.45) is 8.06. The topological polar surface area (TPSA) is 50.4 Å². The van der Waals surface area contributed by atoms with Gasteiger partial charge in [0.25, 0.3) is 0 Å². The van der Waals surface area contributed by atoms with Gasteiger partial charge < -0.3 is 22.3 Å². The molecule has 1 heterocycles. The van der Waals surface area contributed by atoms with Crippen LogP contribution in [-0.4, -0.2) is 18.2 Å². The summed E-state index contributed by atoms with van der Waals surface area (Å²) in [4.78, 5) is 11.1. The Kier molecular flexibility index (Phi) is 7.15. The first-order chi connectivity index (χ1) is 12.6. The van der Waals surface area contributed by atoms with Crippen LogP contribution in [0.4, 0.5) is 0 Å². The van der Waals surface area contributed by atoms with Gasteiger partial charge in [-0.05, 0) is 35.4 Å². The van der Waals surface area contributed by atoms with Crippen molar-refractivity contribution in [3.05, 3.63) is 95.3 Å². The predicted octanol–water partition coefficient (Wildman–Crippen LogP) is 0.904. The fourth-order valence-corrected chi connectivity index (χ4v) is 2.64. The van der Waals surface area contributed by atoms with E-state index in [4.69, 9.17) is 9.84 Å². The van der Waals surface area contributed by atoms with E-state index in [0.717, 1.165) is 22.4 Å². The molecule has 1 aromatic heterocycles. The van der Waals surface area contributed by atoms with Crippen LogP contribution in [0.25, 0.3) is 12.2 Å². The first-order valence-electron chi connectivity index (χ1n) is 8.27. The molecule has 2 aromatic carbocycles. The van der Waals surface area contributed by atoms with Crippen LogP contribution in [0, 0.1) is 0 Å². The van der Waals surface area contributed by atoms with Gasteiger partial charge in [0.2, 0.25) is 0 Å². The summed E-state index contributed by atoms with van der Waals surface area (Å²) in [5.74, 6) is -0.0727. The van der Waals surface area contributed by atoms with Crippen molar-refractivity contribution in [3.63, 3.8) is 0 Å². The summed E-state index contributed by atoms with van der Waals surface area (Å²) >= 11 is 0. The number of hydrogen-bond acceptors (Lipinski definition) is 2. The van der Waals surface area contributed by atoms with Gasteiger partial charge in [-0.3, -0.25) is 0 Å². The third-order valence-corrected chi connectivity index (χ3v) is 4.02. The molecule has 1 N–H and O–H groups in total. The van der Waals surface area contributed by atoms with Gasteiger partial charge in [0, 0.05) is 17.7 Å². The highest BCUT2D eigenvalue weighted by Crippen LogP contribution is 2.15. The summed E-state index contributed by atoms with van der Waals surface area (Å²) in [6.45, 7) is 0.626. The van der Waals surface area contributed by atoms with Gasteiger partial charge >= 0.3 is 5.97 Å². The molecular weight excluding hydrogens is 362 g/mol. The molecule has 27 heavy (non-hydrogen) atoms. The molecule has 0 amide bonds. The largest absolute Gasteiger partial charge is 1.00 e. The average Bonchev–Trinajstić information content (AvgIpc) is 2.68. The van der Waals surface area contributed by atoms with Gasteiger partial charge in [-0.1, -0.05) is 36.4 Å². The van der Waals surface area contributed by atoms with Gasteiger partial charge in [0.1, 0.15) is 5.75 Å². The third-order valence-electron chi connectivity index (χ3n) is 4.02. The minimum absolute atomic E-state index is 0. The Morgan fingerprint density at radius 2 is 1.70 bits per heavy atom. The predicted molar refractivity (Wildman–Crippen MR) is 101 cm³/mol. The molecule has 5 heteroatoms. The maximum absolute atomic E-state index is 11.1. The van der Waals surface area contributed by atoms with Gasteiger partial charge in [-0.25, -0.2) is 9.36 Å². The van der Waals surface area contributed by atoms with Gasteiger partial charge in [0.15, 0.2) is 18.9 Å². The first kappa shape index (κ1) is 20.2. The van der Waals surface area contributed by atoms with Crippen molar-refractivity contribution in [1.82, 2.24) is 0 Å². The van der Waals surface area contributed by atoms with Crippen molar-refractivity contribution in [3.8, 4) is 5.75 Å². The zero-order valence-corrected chi connectivity index (χ0v) is 15.6. The van der Waals surface area contributed by atoms with Crippen LogP contribution in [0.15, 0.2) is 73.1 Å². The van der Waals surface area contributed by atoms with E-state index in [2.05, 4.69) is 0 Å². The molecule has 138 valence electrons. The van der Waals surface area contributed by atoms with E-state index in [1.54, 1.807) is 25.3 Å². The monoisotopic (exact) mass is 381 g/mol. The number of rotatable bonds is 6. The van der Waals surface area contributed by atoms with Crippen molar-refractivity contribution in [2.75, 3.05) is 7.11 Å². The Morgan fingerprint density at radius 1 is 1.00 bits per heavy atom. The normalized spacial score (nSPS) is 10.4. The minimum atomic E-state index is -0.908. The van der Waals surface area contributed by atoms with E-state index in [-0.39, 0.29) is 12.4 Å². The molecule has 0 aliphatic rings.